The summed E-state index contributed by atoms with van der Waals surface area (Å²) in [5.41, 5.74) is 5.73. The molecular weight excluding hydrogens is 382 g/mol. The number of hydrogen-bond acceptors (Lipinski definition) is 4. The molecule has 0 radical (unpaired) electrons. The van der Waals surface area contributed by atoms with E-state index >= 15 is 0 Å². The minimum Gasteiger partial charge on any atom is -0.355 e. The zero-order valence-corrected chi connectivity index (χ0v) is 18.6. The maximum absolute atomic E-state index is 12.3. The number of aryl methyl sites for hydroxylation is 3. The molecule has 3 aromatic rings. The fourth-order valence-electron chi connectivity index (χ4n) is 3.27. The quantitative estimate of drug-likeness (QED) is 0.572. The van der Waals surface area contributed by atoms with Gasteiger partial charge in [0, 0.05) is 31.2 Å². The Morgan fingerprint density at radius 3 is 2.76 bits per heavy atom. The molecule has 7 heteroatoms. The summed E-state index contributed by atoms with van der Waals surface area (Å²) in [5.74, 6) is 0.665. The Morgan fingerprint density at radius 1 is 1.24 bits per heavy atom. The summed E-state index contributed by atoms with van der Waals surface area (Å²) in [4.78, 5) is 16.8. The summed E-state index contributed by atoms with van der Waals surface area (Å²) in [7, 11) is 0. The Morgan fingerprint density at radius 2 is 2.03 bits per heavy atom. The van der Waals surface area contributed by atoms with E-state index in [2.05, 4.69) is 61.3 Å². The molecule has 6 nitrogen and oxygen atoms in total. The molecule has 0 aliphatic rings. The standard InChI is InChI=1S/C22H29N5OS/c1-15(13-27-18(4)11-17(3)25-27)12-24-21(28)14-29-22-23-9-10-26(22)20-8-6-7-16(2)19(20)5/h6-11,15H,12-14H2,1-5H3,(H,24,28). The Balaban J connectivity index is 1.52. The van der Waals surface area contributed by atoms with Gasteiger partial charge in [-0.2, -0.15) is 5.10 Å². The average molecular weight is 412 g/mol. The molecule has 2 aromatic heterocycles. The van der Waals surface area contributed by atoms with Crippen molar-refractivity contribution in [2.24, 2.45) is 5.92 Å². The van der Waals surface area contributed by atoms with E-state index in [1.54, 1.807) is 6.20 Å². The van der Waals surface area contributed by atoms with Crippen LogP contribution in [0.4, 0.5) is 0 Å². The molecular formula is C22H29N5OS. The molecule has 1 atom stereocenters. The lowest BCUT2D eigenvalue weighted by atomic mass is 10.1. The van der Waals surface area contributed by atoms with E-state index in [0.717, 1.165) is 28.8 Å². The molecule has 0 bridgehead atoms. The number of benzene rings is 1. The first-order valence-corrected chi connectivity index (χ1v) is 10.8. The molecule has 154 valence electrons. The molecule has 1 unspecified atom stereocenters. The van der Waals surface area contributed by atoms with Crippen LogP contribution in [0, 0.1) is 33.6 Å². The summed E-state index contributed by atoms with van der Waals surface area (Å²) in [6.45, 7) is 11.8. The largest absolute Gasteiger partial charge is 0.355 e. The lowest BCUT2D eigenvalue weighted by Gasteiger charge is -2.14. The molecule has 1 aromatic carbocycles. The molecule has 3 rings (SSSR count). The Hall–Kier alpha value is -2.54. The molecule has 0 aliphatic carbocycles. The molecule has 29 heavy (non-hydrogen) atoms. The average Bonchev–Trinajstić information content (AvgIpc) is 3.26. The highest BCUT2D eigenvalue weighted by Crippen LogP contribution is 2.24. The zero-order valence-electron chi connectivity index (χ0n) is 17.8. The highest BCUT2D eigenvalue weighted by molar-refractivity contribution is 7.99. The van der Waals surface area contributed by atoms with Crippen molar-refractivity contribution >= 4 is 17.7 Å². The van der Waals surface area contributed by atoms with Crippen LogP contribution in [0.5, 0.6) is 0 Å². The van der Waals surface area contributed by atoms with E-state index in [-0.39, 0.29) is 5.91 Å². The van der Waals surface area contributed by atoms with Gasteiger partial charge in [0.05, 0.1) is 17.1 Å². The molecule has 0 saturated heterocycles. The lowest BCUT2D eigenvalue weighted by Crippen LogP contribution is -2.31. The second-order valence-corrected chi connectivity index (χ2v) is 8.55. The van der Waals surface area contributed by atoms with Gasteiger partial charge < -0.3 is 5.32 Å². The van der Waals surface area contributed by atoms with Gasteiger partial charge in [0.2, 0.25) is 5.91 Å². The summed E-state index contributed by atoms with van der Waals surface area (Å²) < 4.78 is 4.05. The van der Waals surface area contributed by atoms with E-state index in [0.29, 0.717) is 18.2 Å². The summed E-state index contributed by atoms with van der Waals surface area (Å²) >= 11 is 1.45. The van der Waals surface area contributed by atoms with Crippen LogP contribution in [0.1, 0.15) is 29.4 Å². The minimum atomic E-state index is 0.0192. The SMILES string of the molecule is Cc1cc(C)n(CC(C)CNC(=O)CSc2nccn2-c2cccc(C)c2C)n1. The maximum atomic E-state index is 12.3. The van der Waals surface area contributed by atoms with Gasteiger partial charge in [0.25, 0.3) is 0 Å². The number of nitrogens with one attached hydrogen (secondary N) is 1. The number of nitrogens with zero attached hydrogens (tertiary/aromatic N) is 4. The first-order valence-electron chi connectivity index (χ1n) is 9.85. The summed E-state index contributed by atoms with van der Waals surface area (Å²) in [6, 6.07) is 8.29. The number of carbonyl (C=O) groups is 1. The third-order valence-corrected chi connectivity index (χ3v) is 5.98. The van der Waals surface area contributed by atoms with Crippen molar-refractivity contribution in [3.63, 3.8) is 0 Å². The third kappa shape index (κ3) is 5.29. The van der Waals surface area contributed by atoms with Crippen LogP contribution in [-0.4, -0.2) is 37.5 Å². The van der Waals surface area contributed by atoms with Gasteiger partial charge in [0.15, 0.2) is 5.16 Å². The van der Waals surface area contributed by atoms with Crippen LogP contribution in [0.2, 0.25) is 0 Å². The highest BCUT2D eigenvalue weighted by Gasteiger charge is 2.13. The normalized spacial score (nSPS) is 12.2. The van der Waals surface area contributed by atoms with Gasteiger partial charge in [-0.3, -0.25) is 14.0 Å². The number of thioether (sulfide) groups is 1. The van der Waals surface area contributed by atoms with Crippen molar-refractivity contribution in [3.8, 4) is 5.69 Å². The van der Waals surface area contributed by atoms with Gasteiger partial charge in [-0.05, 0) is 56.9 Å². The topological polar surface area (TPSA) is 64.7 Å². The molecule has 1 N–H and O–H groups in total. The Kier molecular flexibility index (Phi) is 6.79. The third-order valence-electron chi connectivity index (χ3n) is 5.01. The van der Waals surface area contributed by atoms with Crippen molar-refractivity contribution in [3.05, 3.63) is 59.2 Å². The number of carbonyl (C=O) groups excluding carboxylic acids is 1. The van der Waals surface area contributed by atoms with Gasteiger partial charge >= 0.3 is 0 Å². The fourth-order valence-corrected chi connectivity index (χ4v) is 4.06. The van der Waals surface area contributed by atoms with Crippen molar-refractivity contribution in [2.75, 3.05) is 12.3 Å². The number of aromatic nitrogens is 4. The number of hydrogen-bond donors (Lipinski definition) is 1. The van der Waals surface area contributed by atoms with Gasteiger partial charge in [-0.15, -0.1) is 0 Å². The van der Waals surface area contributed by atoms with Gasteiger partial charge in [-0.1, -0.05) is 30.8 Å². The van der Waals surface area contributed by atoms with Crippen LogP contribution in [0.15, 0.2) is 41.8 Å². The summed E-state index contributed by atoms with van der Waals surface area (Å²) in [5, 5.41) is 8.34. The van der Waals surface area contributed by atoms with Crippen molar-refractivity contribution in [1.82, 2.24) is 24.6 Å². The van der Waals surface area contributed by atoms with E-state index in [9.17, 15) is 4.79 Å². The molecule has 0 aliphatic heterocycles. The predicted molar refractivity (Wildman–Crippen MR) is 118 cm³/mol. The monoisotopic (exact) mass is 411 g/mol. The number of rotatable bonds is 8. The summed E-state index contributed by atoms with van der Waals surface area (Å²) in [6.07, 6.45) is 3.72. The fraction of sp³-hybridized carbons (Fsp3) is 0.409. The second kappa shape index (κ2) is 9.31. The number of imidazole rings is 1. The highest BCUT2D eigenvalue weighted by atomic mass is 32.2. The van der Waals surface area contributed by atoms with Crippen molar-refractivity contribution < 1.29 is 4.79 Å². The van der Waals surface area contributed by atoms with Crippen LogP contribution in [0.3, 0.4) is 0 Å². The number of amides is 1. The maximum Gasteiger partial charge on any atom is 0.230 e. The first-order chi connectivity index (χ1) is 13.8. The molecule has 2 heterocycles. The Bertz CT molecular complexity index is 991. The zero-order chi connectivity index (χ0) is 21.0. The lowest BCUT2D eigenvalue weighted by molar-refractivity contribution is -0.118. The molecule has 0 spiro atoms. The second-order valence-electron chi connectivity index (χ2n) is 7.61. The Labute approximate surface area is 176 Å². The molecule has 1 amide bonds. The van der Waals surface area contributed by atoms with E-state index in [1.165, 1.54) is 22.9 Å². The molecule has 0 fully saturated rings. The van der Waals surface area contributed by atoms with Crippen LogP contribution in [-0.2, 0) is 11.3 Å². The first kappa shape index (κ1) is 21.2. The molecule has 0 saturated carbocycles. The van der Waals surface area contributed by atoms with E-state index in [4.69, 9.17) is 0 Å². The van der Waals surface area contributed by atoms with Crippen LogP contribution >= 0.6 is 11.8 Å². The predicted octanol–water partition coefficient (Wildman–Crippen LogP) is 3.85. The van der Waals surface area contributed by atoms with E-state index < -0.39 is 0 Å². The smallest absolute Gasteiger partial charge is 0.230 e. The van der Waals surface area contributed by atoms with Crippen LogP contribution in [0.25, 0.3) is 5.69 Å². The minimum absolute atomic E-state index is 0.0192. The van der Waals surface area contributed by atoms with E-state index in [1.807, 2.05) is 28.4 Å². The van der Waals surface area contributed by atoms with Gasteiger partial charge in [-0.25, -0.2) is 4.98 Å². The van der Waals surface area contributed by atoms with Crippen molar-refractivity contribution in [1.29, 1.82) is 0 Å². The van der Waals surface area contributed by atoms with Gasteiger partial charge in [0.1, 0.15) is 0 Å². The van der Waals surface area contributed by atoms with Crippen molar-refractivity contribution in [2.45, 2.75) is 46.3 Å². The van der Waals surface area contributed by atoms with Crippen LogP contribution < -0.4 is 5.32 Å².